The molecule has 0 spiro atoms. The van der Waals surface area contributed by atoms with E-state index in [0.717, 1.165) is 5.69 Å². The molecule has 0 aliphatic carbocycles. The molecule has 7 nitrogen and oxygen atoms in total. The molecule has 0 radical (unpaired) electrons. The molecule has 2 heterocycles. The molecular formula is C13H20N4O3S. The molecule has 21 heavy (non-hydrogen) atoms. The summed E-state index contributed by atoms with van der Waals surface area (Å²) in [6.07, 6.45) is 1.80. The van der Waals surface area contributed by atoms with E-state index in [9.17, 15) is 14.7 Å². The van der Waals surface area contributed by atoms with Crippen molar-refractivity contribution >= 4 is 23.8 Å². The zero-order valence-electron chi connectivity index (χ0n) is 12.3. The number of urea groups is 1. The number of aliphatic carboxylic acids is 1. The van der Waals surface area contributed by atoms with E-state index in [4.69, 9.17) is 0 Å². The summed E-state index contributed by atoms with van der Waals surface area (Å²) in [7, 11) is 1.80. The van der Waals surface area contributed by atoms with Gasteiger partial charge in [0.05, 0.1) is 17.6 Å². The lowest BCUT2D eigenvalue weighted by atomic mass is 10.2. The van der Waals surface area contributed by atoms with Gasteiger partial charge in [0.25, 0.3) is 0 Å². The summed E-state index contributed by atoms with van der Waals surface area (Å²) in [6.45, 7) is 4.26. The van der Waals surface area contributed by atoms with E-state index in [1.807, 2.05) is 19.9 Å². The average molecular weight is 312 g/mol. The molecule has 2 atom stereocenters. The number of hydrogen-bond donors (Lipinski definition) is 2. The third kappa shape index (κ3) is 3.49. The van der Waals surface area contributed by atoms with Crippen molar-refractivity contribution in [3.8, 4) is 0 Å². The molecule has 2 amide bonds. The first kappa shape index (κ1) is 15.7. The Bertz CT molecular complexity index is 531. The minimum Gasteiger partial charge on any atom is -0.480 e. The number of rotatable bonds is 4. The minimum atomic E-state index is -0.960. The number of aryl methyl sites for hydroxylation is 1. The highest BCUT2D eigenvalue weighted by Crippen LogP contribution is 2.34. The van der Waals surface area contributed by atoms with Gasteiger partial charge in [0.2, 0.25) is 0 Å². The Morgan fingerprint density at radius 1 is 1.57 bits per heavy atom. The summed E-state index contributed by atoms with van der Waals surface area (Å²) in [5.74, 6) is -0.339. The number of carbonyl (C=O) groups is 2. The predicted octanol–water partition coefficient (Wildman–Crippen LogP) is 1.11. The molecule has 2 rings (SSSR count). The lowest BCUT2D eigenvalue weighted by molar-refractivity contribution is -0.141. The van der Waals surface area contributed by atoms with Gasteiger partial charge in [0.1, 0.15) is 6.04 Å². The summed E-state index contributed by atoms with van der Waals surface area (Å²) in [6, 6.07) is 0.691. The summed E-state index contributed by atoms with van der Waals surface area (Å²) in [5.41, 5.74) is 0.741. The predicted molar refractivity (Wildman–Crippen MR) is 79.8 cm³/mol. The summed E-state index contributed by atoms with van der Waals surface area (Å²) < 4.78 is 1.66. The third-order valence-electron chi connectivity index (χ3n) is 3.31. The van der Waals surface area contributed by atoms with Crippen LogP contribution in [0.25, 0.3) is 0 Å². The lowest BCUT2D eigenvalue weighted by Crippen LogP contribution is -2.51. The van der Waals surface area contributed by atoms with Crippen molar-refractivity contribution in [2.75, 3.05) is 5.75 Å². The molecule has 1 aromatic heterocycles. The van der Waals surface area contributed by atoms with Crippen molar-refractivity contribution in [1.29, 1.82) is 0 Å². The Labute approximate surface area is 127 Å². The number of hydrogen-bond acceptors (Lipinski definition) is 4. The fourth-order valence-electron chi connectivity index (χ4n) is 2.30. The normalized spacial score (nSPS) is 21.8. The van der Waals surface area contributed by atoms with E-state index < -0.39 is 12.0 Å². The van der Waals surface area contributed by atoms with Crippen LogP contribution in [0, 0.1) is 5.92 Å². The maximum absolute atomic E-state index is 12.4. The lowest BCUT2D eigenvalue weighted by Gasteiger charge is -2.29. The number of thioether (sulfide) groups is 1. The van der Waals surface area contributed by atoms with Gasteiger partial charge in [0, 0.05) is 19.0 Å². The van der Waals surface area contributed by atoms with E-state index >= 15 is 0 Å². The molecule has 1 aromatic rings. The zero-order chi connectivity index (χ0) is 15.6. The van der Waals surface area contributed by atoms with Crippen LogP contribution in [0.15, 0.2) is 12.3 Å². The SMILES string of the molecule is CC(C)C1SCC(C(=O)O)N1C(=O)NCc1ccn(C)n1. The number of aromatic nitrogens is 2. The minimum absolute atomic E-state index is 0.116. The van der Waals surface area contributed by atoms with E-state index in [0.29, 0.717) is 5.75 Å². The van der Waals surface area contributed by atoms with Crippen molar-refractivity contribution < 1.29 is 14.7 Å². The quantitative estimate of drug-likeness (QED) is 0.870. The molecule has 2 unspecified atom stereocenters. The topological polar surface area (TPSA) is 87.5 Å². The number of carbonyl (C=O) groups excluding carboxylic acids is 1. The van der Waals surface area contributed by atoms with Crippen molar-refractivity contribution in [3.63, 3.8) is 0 Å². The first-order chi connectivity index (χ1) is 9.90. The monoisotopic (exact) mass is 312 g/mol. The molecule has 0 aromatic carbocycles. The Morgan fingerprint density at radius 3 is 2.81 bits per heavy atom. The van der Waals surface area contributed by atoms with Crippen LogP contribution in [-0.4, -0.2) is 49.0 Å². The van der Waals surface area contributed by atoms with Gasteiger partial charge in [-0.05, 0) is 12.0 Å². The van der Waals surface area contributed by atoms with Gasteiger partial charge in [-0.25, -0.2) is 9.59 Å². The summed E-state index contributed by atoms with van der Waals surface area (Å²) >= 11 is 1.51. The standard InChI is InChI=1S/C13H20N4O3S/c1-8(2)11-17(10(7-21-11)12(18)19)13(20)14-6-9-4-5-16(3)15-9/h4-5,8,10-11H,6-7H2,1-3H3,(H,14,20)(H,18,19). The number of nitrogens with one attached hydrogen (secondary N) is 1. The van der Waals surface area contributed by atoms with Crippen molar-refractivity contribution in [2.45, 2.75) is 31.8 Å². The van der Waals surface area contributed by atoms with Gasteiger partial charge in [-0.1, -0.05) is 13.8 Å². The van der Waals surface area contributed by atoms with E-state index in [2.05, 4.69) is 10.4 Å². The number of carboxylic acid groups (broad SMARTS) is 1. The second-order valence-electron chi connectivity index (χ2n) is 5.37. The molecule has 1 aliphatic rings. The van der Waals surface area contributed by atoms with Gasteiger partial charge in [-0.15, -0.1) is 11.8 Å². The largest absolute Gasteiger partial charge is 0.480 e. The number of amides is 2. The molecular weight excluding hydrogens is 292 g/mol. The maximum Gasteiger partial charge on any atom is 0.327 e. The molecule has 2 N–H and O–H groups in total. The van der Waals surface area contributed by atoms with Crippen LogP contribution in [0.1, 0.15) is 19.5 Å². The van der Waals surface area contributed by atoms with Crippen molar-refractivity contribution in [1.82, 2.24) is 20.0 Å². The Kier molecular flexibility index (Phi) is 4.76. The molecule has 8 heteroatoms. The Morgan fingerprint density at radius 2 is 2.29 bits per heavy atom. The molecule has 1 fully saturated rings. The molecule has 1 aliphatic heterocycles. The van der Waals surface area contributed by atoms with Crippen LogP contribution < -0.4 is 5.32 Å². The average Bonchev–Trinajstić information content (AvgIpc) is 3.01. The van der Waals surface area contributed by atoms with Crippen molar-refractivity contribution in [2.24, 2.45) is 13.0 Å². The highest BCUT2D eigenvalue weighted by molar-refractivity contribution is 8.00. The second kappa shape index (κ2) is 6.38. The highest BCUT2D eigenvalue weighted by Gasteiger charge is 2.42. The van der Waals surface area contributed by atoms with E-state index in [1.54, 1.807) is 17.9 Å². The van der Waals surface area contributed by atoms with Gasteiger partial charge in [0.15, 0.2) is 0 Å². The number of carboxylic acids is 1. The van der Waals surface area contributed by atoms with Crippen LogP contribution >= 0.6 is 11.8 Å². The van der Waals surface area contributed by atoms with Gasteiger partial charge >= 0.3 is 12.0 Å². The van der Waals surface area contributed by atoms with Crippen LogP contribution in [0.3, 0.4) is 0 Å². The van der Waals surface area contributed by atoms with Crippen LogP contribution in [0.5, 0.6) is 0 Å². The van der Waals surface area contributed by atoms with E-state index in [-0.39, 0.29) is 23.9 Å². The summed E-state index contributed by atoms with van der Waals surface area (Å²) in [4.78, 5) is 25.1. The Hall–Kier alpha value is -1.70. The molecule has 116 valence electrons. The first-order valence-electron chi connectivity index (χ1n) is 6.79. The smallest absolute Gasteiger partial charge is 0.327 e. The van der Waals surface area contributed by atoms with Gasteiger partial charge < -0.3 is 10.4 Å². The maximum atomic E-state index is 12.4. The molecule has 0 bridgehead atoms. The highest BCUT2D eigenvalue weighted by atomic mass is 32.2. The third-order valence-corrected chi connectivity index (χ3v) is 4.94. The van der Waals surface area contributed by atoms with Gasteiger partial charge in [-0.2, -0.15) is 5.10 Å². The molecule has 0 saturated carbocycles. The van der Waals surface area contributed by atoms with Gasteiger partial charge in [-0.3, -0.25) is 9.58 Å². The Balaban J connectivity index is 2.04. The summed E-state index contributed by atoms with van der Waals surface area (Å²) in [5, 5.41) is 16.1. The van der Waals surface area contributed by atoms with Crippen LogP contribution in [0.4, 0.5) is 4.79 Å². The second-order valence-corrected chi connectivity index (χ2v) is 6.52. The molecule has 1 saturated heterocycles. The van der Waals surface area contributed by atoms with Crippen LogP contribution in [-0.2, 0) is 18.4 Å². The van der Waals surface area contributed by atoms with Crippen LogP contribution in [0.2, 0.25) is 0 Å². The zero-order valence-corrected chi connectivity index (χ0v) is 13.1. The van der Waals surface area contributed by atoms with Crippen molar-refractivity contribution in [3.05, 3.63) is 18.0 Å². The number of nitrogens with zero attached hydrogens (tertiary/aromatic N) is 3. The van der Waals surface area contributed by atoms with E-state index in [1.165, 1.54) is 16.7 Å². The fraction of sp³-hybridized carbons (Fsp3) is 0.615. The first-order valence-corrected chi connectivity index (χ1v) is 7.84. The fourth-order valence-corrected chi connectivity index (χ4v) is 3.77.